The molecule has 1 fully saturated rings. The Hall–Kier alpha value is -0.870. The fraction of sp³-hybridized carbons (Fsp3) is 0.300. The molecule has 3 nitrogen and oxygen atoms in total. The van der Waals surface area contributed by atoms with Crippen molar-refractivity contribution in [2.45, 2.75) is 12.1 Å². The Morgan fingerprint density at radius 2 is 1.93 bits per heavy atom. The number of benzene rings is 1. The first kappa shape index (κ1) is 9.68. The topological polar surface area (TPSA) is 46.3 Å². The molecule has 14 heavy (non-hydrogen) atoms. The van der Waals surface area contributed by atoms with Crippen LogP contribution in [0.2, 0.25) is 0 Å². The van der Waals surface area contributed by atoms with Gasteiger partial charge in [0.2, 0.25) is 5.91 Å². The maximum atomic E-state index is 11.2. The van der Waals surface area contributed by atoms with Gasteiger partial charge in [-0.25, -0.2) is 0 Å². The molecule has 2 rings (SSSR count). The van der Waals surface area contributed by atoms with E-state index in [9.17, 15) is 4.79 Å². The van der Waals surface area contributed by atoms with Crippen molar-refractivity contribution in [3.63, 3.8) is 0 Å². The lowest BCUT2D eigenvalue weighted by molar-refractivity contribution is -0.147. The highest BCUT2D eigenvalue weighted by Gasteiger charge is 2.42. The molecule has 1 aromatic carbocycles. The number of nitrogens with zero attached hydrogens (tertiary/aromatic N) is 1. The molecule has 4 heteroatoms. The predicted molar refractivity (Wildman–Crippen MR) is 57.6 cm³/mol. The van der Waals surface area contributed by atoms with Gasteiger partial charge in [0.15, 0.2) is 0 Å². The van der Waals surface area contributed by atoms with Gasteiger partial charge in [-0.2, -0.15) is 0 Å². The van der Waals surface area contributed by atoms with E-state index in [2.05, 4.69) is 15.9 Å². The third-order valence-electron chi connectivity index (χ3n) is 2.60. The molecule has 1 heterocycles. The van der Waals surface area contributed by atoms with Gasteiger partial charge in [0.1, 0.15) is 6.04 Å². The largest absolute Gasteiger partial charge is 0.335 e. The van der Waals surface area contributed by atoms with Crippen LogP contribution in [0.1, 0.15) is 11.6 Å². The van der Waals surface area contributed by atoms with Gasteiger partial charge in [-0.15, -0.1) is 0 Å². The maximum Gasteiger partial charge on any atom is 0.242 e. The molecule has 0 radical (unpaired) electrons. The predicted octanol–water partition coefficient (Wildman–Crippen LogP) is 1.29. The Kier molecular flexibility index (Phi) is 2.33. The molecule has 0 saturated carbocycles. The van der Waals surface area contributed by atoms with E-state index in [0.717, 1.165) is 10.0 Å². The van der Waals surface area contributed by atoms with Crippen LogP contribution < -0.4 is 5.73 Å². The number of β-lactam (4-membered cyclic amide) rings is 1. The van der Waals surface area contributed by atoms with Crippen LogP contribution in [0.3, 0.4) is 0 Å². The number of hydrogen-bond acceptors (Lipinski definition) is 2. The number of halogens is 1. The Morgan fingerprint density at radius 1 is 1.36 bits per heavy atom. The van der Waals surface area contributed by atoms with Gasteiger partial charge < -0.3 is 10.6 Å². The van der Waals surface area contributed by atoms with Crippen molar-refractivity contribution in [2.24, 2.45) is 5.73 Å². The minimum Gasteiger partial charge on any atom is -0.335 e. The number of hydrogen-bond donors (Lipinski definition) is 1. The van der Waals surface area contributed by atoms with Crippen molar-refractivity contribution in [1.82, 2.24) is 4.90 Å². The second-order valence-corrected chi connectivity index (χ2v) is 4.39. The zero-order valence-electron chi connectivity index (χ0n) is 7.77. The van der Waals surface area contributed by atoms with E-state index < -0.39 is 0 Å². The fourth-order valence-corrected chi connectivity index (χ4v) is 2.02. The molecule has 0 spiro atoms. The lowest BCUT2D eigenvalue weighted by Gasteiger charge is -2.43. The van der Waals surface area contributed by atoms with E-state index >= 15 is 0 Å². The highest BCUT2D eigenvalue weighted by Crippen LogP contribution is 2.32. The van der Waals surface area contributed by atoms with Gasteiger partial charge in [-0.05, 0) is 17.7 Å². The number of carbonyl (C=O) groups excluding carboxylic acids is 1. The van der Waals surface area contributed by atoms with Gasteiger partial charge in [0.05, 0.1) is 6.04 Å². The Morgan fingerprint density at radius 3 is 2.43 bits per heavy atom. The quantitative estimate of drug-likeness (QED) is 0.768. The Bertz CT molecular complexity index is 351. The van der Waals surface area contributed by atoms with Crippen LogP contribution in [0.5, 0.6) is 0 Å². The van der Waals surface area contributed by atoms with Gasteiger partial charge in [0.25, 0.3) is 0 Å². The summed E-state index contributed by atoms with van der Waals surface area (Å²) in [5.74, 6) is 0.0120. The number of rotatable bonds is 1. The summed E-state index contributed by atoms with van der Waals surface area (Å²) in [7, 11) is 1.78. The van der Waals surface area contributed by atoms with E-state index in [4.69, 9.17) is 5.73 Å². The van der Waals surface area contributed by atoms with E-state index in [1.54, 1.807) is 11.9 Å². The summed E-state index contributed by atoms with van der Waals surface area (Å²) >= 11 is 3.36. The summed E-state index contributed by atoms with van der Waals surface area (Å²) < 4.78 is 1.03. The molecule has 0 aliphatic carbocycles. The number of amides is 1. The van der Waals surface area contributed by atoms with E-state index in [-0.39, 0.29) is 18.0 Å². The first-order chi connectivity index (χ1) is 6.61. The van der Waals surface area contributed by atoms with Crippen LogP contribution >= 0.6 is 15.9 Å². The average molecular weight is 255 g/mol. The SMILES string of the molecule is CN1C(=O)[C@H](N)[C@@H]1c1ccc(Br)cc1. The lowest BCUT2D eigenvalue weighted by Crippen LogP contribution is -2.61. The molecule has 2 atom stereocenters. The van der Waals surface area contributed by atoms with Gasteiger partial charge >= 0.3 is 0 Å². The van der Waals surface area contributed by atoms with Crippen molar-refractivity contribution < 1.29 is 4.79 Å². The highest BCUT2D eigenvalue weighted by atomic mass is 79.9. The van der Waals surface area contributed by atoms with Crippen molar-refractivity contribution in [3.05, 3.63) is 34.3 Å². The number of carbonyl (C=O) groups is 1. The number of likely N-dealkylation sites (N-methyl/N-ethyl adjacent to an activating group) is 1. The van der Waals surface area contributed by atoms with Gasteiger partial charge in [0, 0.05) is 11.5 Å². The standard InChI is InChI=1S/C10H11BrN2O/c1-13-9(8(12)10(13)14)6-2-4-7(11)5-3-6/h2-5,8-9H,12H2,1H3/t8-,9+/m1/s1. The minimum atomic E-state index is -0.374. The molecule has 1 aliphatic heterocycles. The molecule has 1 saturated heterocycles. The second-order valence-electron chi connectivity index (χ2n) is 3.47. The molecule has 74 valence electrons. The fourth-order valence-electron chi connectivity index (χ4n) is 1.76. The summed E-state index contributed by atoms with van der Waals surface area (Å²) in [4.78, 5) is 12.9. The van der Waals surface area contributed by atoms with E-state index in [1.807, 2.05) is 24.3 Å². The third-order valence-corrected chi connectivity index (χ3v) is 3.13. The minimum absolute atomic E-state index is 0.0120. The highest BCUT2D eigenvalue weighted by molar-refractivity contribution is 9.10. The van der Waals surface area contributed by atoms with E-state index in [1.165, 1.54) is 0 Å². The number of nitrogens with two attached hydrogens (primary N) is 1. The average Bonchev–Trinajstić information content (AvgIpc) is 2.21. The molecular weight excluding hydrogens is 244 g/mol. The van der Waals surface area contributed by atoms with Crippen molar-refractivity contribution in [3.8, 4) is 0 Å². The molecule has 1 amide bonds. The zero-order chi connectivity index (χ0) is 10.3. The van der Waals surface area contributed by atoms with Crippen molar-refractivity contribution >= 4 is 21.8 Å². The van der Waals surface area contributed by atoms with Crippen LogP contribution in [-0.4, -0.2) is 23.9 Å². The maximum absolute atomic E-state index is 11.2. The number of likely N-dealkylation sites (tertiary alicyclic amines) is 1. The molecule has 0 aromatic heterocycles. The summed E-state index contributed by atoms with van der Waals surface area (Å²) in [6, 6.07) is 7.55. The van der Waals surface area contributed by atoms with Crippen molar-refractivity contribution in [2.75, 3.05) is 7.05 Å². The van der Waals surface area contributed by atoms with Crippen LogP contribution in [-0.2, 0) is 4.79 Å². The first-order valence-electron chi connectivity index (χ1n) is 4.39. The normalized spacial score (nSPS) is 26.2. The second kappa shape index (κ2) is 3.37. The monoisotopic (exact) mass is 254 g/mol. The Balaban J connectivity index is 2.24. The summed E-state index contributed by atoms with van der Waals surface area (Å²) in [5.41, 5.74) is 6.81. The molecule has 1 aliphatic rings. The van der Waals surface area contributed by atoms with Crippen LogP contribution in [0, 0.1) is 0 Å². The first-order valence-corrected chi connectivity index (χ1v) is 5.18. The van der Waals surface area contributed by atoms with E-state index in [0.29, 0.717) is 0 Å². The van der Waals surface area contributed by atoms with Crippen LogP contribution in [0.15, 0.2) is 28.7 Å². The van der Waals surface area contributed by atoms with Crippen LogP contribution in [0.4, 0.5) is 0 Å². The molecular formula is C10H11BrN2O. The lowest BCUT2D eigenvalue weighted by atomic mass is 9.90. The van der Waals surface area contributed by atoms with Crippen LogP contribution in [0.25, 0.3) is 0 Å². The molecule has 2 N–H and O–H groups in total. The summed E-state index contributed by atoms with van der Waals surface area (Å²) in [6.45, 7) is 0. The molecule has 0 bridgehead atoms. The van der Waals surface area contributed by atoms with Crippen molar-refractivity contribution in [1.29, 1.82) is 0 Å². The molecule has 0 unspecified atom stereocenters. The Labute approximate surface area is 91.0 Å². The van der Waals surface area contributed by atoms with Gasteiger partial charge in [-0.1, -0.05) is 28.1 Å². The smallest absolute Gasteiger partial charge is 0.242 e. The van der Waals surface area contributed by atoms with Gasteiger partial charge in [-0.3, -0.25) is 4.79 Å². The summed E-state index contributed by atoms with van der Waals surface area (Å²) in [6.07, 6.45) is 0. The summed E-state index contributed by atoms with van der Waals surface area (Å²) in [5, 5.41) is 0. The zero-order valence-corrected chi connectivity index (χ0v) is 9.36. The third kappa shape index (κ3) is 1.35. The molecule has 1 aromatic rings.